The minimum atomic E-state index is -1.16. The summed E-state index contributed by atoms with van der Waals surface area (Å²) in [5, 5.41) is 13.7. The lowest BCUT2D eigenvalue weighted by atomic mass is 9.93. The summed E-state index contributed by atoms with van der Waals surface area (Å²) in [6, 6.07) is 13.4. The average molecular weight is 468 g/mol. The molecular weight excluding hydrogens is 438 g/mol. The van der Waals surface area contributed by atoms with Gasteiger partial charge in [0.25, 0.3) is 0 Å². The van der Waals surface area contributed by atoms with Gasteiger partial charge in [0.15, 0.2) is 0 Å². The van der Waals surface area contributed by atoms with E-state index in [4.69, 9.17) is 4.74 Å². The van der Waals surface area contributed by atoms with E-state index in [-0.39, 0.29) is 26.0 Å². The van der Waals surface area contributed by atoms with Gasteiger partial charge in [-0.25, -0.2) is 14.6 Å². The van der Waals surface area contributed by atoms with Crippen LogP contribution in [-0.4, -0.2) is 57.6 Å². The van der Waals surface area contributed by atoms with E-state index in [0.29, 0.717) is 6.42 Å². The number of nitrogens with zero attached hydrogens (tertiary/aromatic N) is 3. The molecule has 0 saturated carbocycles. The molecule has 0 saturated heterocycles. The number of carbonyl (C=O) groups is 3. The quantitative estimate of drug-likeness (QED) is 0.324. The number of fused-ring (bicyclic) bond motifs is 1. The molecule has 2 aromatic rings. The highest BCUT2D eigenvalue weighted by Gasteiger charge is 2.41. The summed E-state index contributed by atoms with van der Waals surface area (Å²) in [5.41, 5.74) is 2.67. The van der Waals surface area contributed by atoms with Gasteiger partial charge in [0.1, 0.15) is 18.1 Å². The summed E-state index contributed by atoms with van der Waals surface area (Å²) in [6.45, 7) is 3.32. The molecule has 0 fully saturated rings. The van der Waals surface area contributed by atoms with Crippen molar-refractivity contribution in [1.82, 2.24) is 9.91 Å². The van der Waals surface area contributed by atoms with Crippen molar-refractivity contribution in [2.75, 3.05) is 6.61 Å². The highest BCUT2D eigenvalue weighted by atomic mass is 16.5. The Hall–Kier alpha value is -3.75. The van der Waals surface area contributed by atoms with Crippen LogP contribution in [0.5, 0.6) is 0 Å². The highest BCUT2D eigenvalue weighted by Crippen LogP contribution is 2.26. The van der Waals surface area contributed by atoms with Crippen molar-refractivity contribution in [2.24, 2.45) is 5.29 Å². The van der Waals surface area contributed by atoms with E-state index in [1.165, 1.54) is 11.8 Å². The van der Waals surface area contributed by atoms with Crippen LogP contribution < -0.4 is 0 Å². The number of carboxylic acid groups (broad SMARTS) is 1. The number of amides is 1. The molecule has 180 valence electrons. The normalized spacial score (nSPS) is 16.6. The molecular formula is C25H29N3O6. The maximum absolute atomic E-state index is 13.5. The fourth-order valence-electron chi connectivity index (χ4n) is 4.27. The Morgan fingerprint density at radius 2 is 1.76 bits per heavy atom. The first-order valence-electron chi connectivity index (χ1n) is 11.3. The van der Waals surface area contributed by atoms with Gasteiger partial charge in [-0.2, -0.15) is 0 Å². The summed E-state index contributed by atoms with van der Waals surface area (Å²) >= 11 is 0. The number of ether oxygens (including phenoxy) is 1. The Kier molecular flexibility index (Phi) is 8.34. The summed E-state index contributed by atoms with van der Waals surface area (Å²) in [5.74, 6) is -2.38. The largest absolute Gasteiger partial charge is 0.480 e. The first-order valence-corrected chi connectivity index (χ1v) is 11.3. The van der Waals surface area contributed by atoms with Crippen molar-refractivity contribution >= 4 is 17.8 Å². The molecule has 1 amide bonds. The number of nitroso groups, excluding NO2 is 1. The number of rotatable bonds is 10. The zero-order valence-electron chi connectivity index (χ0n) is 19.3. The standard InChI is InChI=1S/C25H29N3O6/c1-3-34-25(32)21(14-13-18-9-5-4-6-10-18)28(26-33)17(2)23(29)27-16-20-12-8-7-11-19(20)15-22(27)24(30)31/h4-12,17,21-22H,3,13-16H2,1-2H3,(H,30,31)/t17-,21-,22-/m0/s1. The molecule has 3 atom stereocenters. The smallest absolute Gasteiger partial charge is 0.330 e. The van der Waals surface area contributed by atoms with Gasteiger partial charge >= 0.3 is 11.9 Å². The number of carbonyl (C=O) groups excluding carboxylic acids is 2. The van der Waals surface area contributed by atoms with E-state index in [2.05, 4.69) is 5.29 Å². The molecule has 0 aliphatic carbocycles. The third kappa shape index (κ3) is 5.59. The molecule has 1 N–H and O–H groups in total. The molecule has 0 unspecified atom stereocenters. The van der Waals surface area contributed by atoms with E-state index in [9.17, 15) is 24.4 Å². The second-order valence-corrected chi connectivity index (χ2v) is 8.22. The average Bonchev–Trinajstić information content (AvgIpc) is 2.85. The number of esters is 1. The molecule has 1 aliphatic rings. The molecule has 0 aromatic heterocycles. The number of aliphatic carboxylic acids is 1. The zero-order valence-corrected chi connectivity index (χ0v) is 19.3. The Labute approximate surface area is 198 Å². The number of benzene rings is 2. The fraction of sp³-hybridized carbons (Fsp3) is 0.400. The van der Waals surface area contributed by atoms with Crippen LogP contribution in [-0.2, 0) is 38.5 Å². The lowest BCUT2D eigenvalue weighted by Gasteiger charge is -2.38. The van der Waals surface area contributed by atoms with E-state index in [1.54, 1.807) is 6.92 Å². The minimum absolute atomic E-state index is 0.0943. The maximum atomic E-state index is 13.5. The molecule has 34 heavy (non-hydrogen) atoms. The second kappa shape index (κ2) is 11.4. The van der Waals surface area contributed by atoms with Crippen molar-refractivity contribution < 1.29 is 24.2 Å². The Bertz CT molecular complexity index is 1030. The third-order valence-electron chi connectivity index (χ3n) is 6.09. The van der Waals surface area contributed by atoms with Crippen molar-refractivity contribution in [1.29, 1.82) is 0 Å². The van der Waals surface area contributed by atoms with Gasteiger partial charge < -0.3 is 14.7 Å². The molecule has 1 aliphatic heterocycles. The van der Waals surface area contributed by atoms with Gasteiger partial charge in [-0.1, -0.05) is 54.6 Å². The van der Waals surface area contributed by atoms with Crippen LogP contribution in [0.25, 0.3) is 0 Å². The fourth-order valence-corrected chi connectivity index (χ4v) is 4.27. The molecule has 3 rings (SSSR count). The monoisotopic (exact) mass is 467 g/mol. The van der Waals surface area contributed by atoms with Crippen LogP contribution in [0, 0.1) is 4.91 Å². The lowest BCUT2D eigenvalue weighted by molar-refractivity contribution is -0.158. The molecule has 0 radical (unpaired) electrons. The summed E-state index contributed by atoms with van der Waals surface area (Å²) in [4.78, 5) is 51.3. The van der Waals surface area contributed by atoms with Crippen molar-refractivity contribution in [2.45, 2.75) is 57.8 Å². The van der Waals surface area contributed by atoms with Gasteiger partial charge in [-0.05, 0) is 43.4 Å². The minimum Gasteiger partial charge on any atom is -0.480 e. The van der Waals surface area contributed by atoms with Gasteiger partial charge in [0.2, 0.25) is 5.91 Å². The molecule has 1 heterocycles. The lowest BCUT2D eigenvalue weighted by Crippen LogP contribution is -2.56. The number of hydrogen-bond donors (Lipinski definition) is 1. The number of aryl methyl sites for hydroxylation is 1. The first-order chi connectivity index (χ1) is 16.4. The van der Waals surface area contributed by atoms with Gasteiger partial charge in [-0.3, -0.25) is 4.79 Å². The maximum Gasteiger partial charge on any atom is 0.330 e. The second-order valence-electron chi connectivity index (χ2n) is 8.22. The topological polar surface area (TPSA) is 117 Å². The summed E-state index contributed by atoms with van der Waals surface area (Å²) in [6.07, 6.45) is 0.831. The number of hydrogen-bond acceptors (Lipinski definition) is 6. The van der Waals surface area contributed by atoms with Crippen molar-refractivity contribution in [3.63, 3.8) is 0 Å². The SMILES string of the molecule is CCOC(=O)[C@H](CCc1ccccc1)N(N=O)[C@@H](C)C(=O)N1Cc2ccccc2C[C@H]1C(=O)O. The Morgan fingerprint density at radius 1 is 1.12 bits per heavy atom. The van der Waals surface area contributed by atoms with E-state index >= 15 is 0 Å². The molecule has 9 heteroatoms. The first kappa shape index (κ1) is 24.9. The zero-order chi connectivity index (χ0) is 24.7. The van der Waals surface area contributed by atoms with E-state index in [1.807, 2.05) is 54.6 Å². The van der Waals surface area contributed by atoms with Gasteiger partial charge in [0, 0.05) is 13.0 Å². The Morgan fingerprint density at radius 3 is 2.38 bits per heavy atom. The highest BCUT2D eigenvalue weighted by molar-refractivity contribution is 5.88. The molecule has 0 spiro atoms. The van der Waals surface area contributed by atoms with Crippen LogP contribution in [0.4, 0.5) is 0 Å². The van der Waals surface area contributed by atoms with Crippen LogP contribution in [0.15, 0.2) is 59.9 Å². The van der Waals surface area contributed by atoms with E-state index < -0.39 is 36.0 Å². The van der Waals surface area contributed by atoms with Gasteiger partial charge in [-0.15, -0.1) is 4.91 Å². The van der Waals surface area contributed by atoms with E-state index in [0.717, 1.165) is 21.7 Å². The van der Waals surface area contributed by atoms with Crippen LogP contribution >= 0.6 is 0 Å². The number of carboxylic acids is 1. The Balaban J connectivity index is 1.84. The third-order valence-corrected chi connectivity index (χ3v) is 6.09. The predicted octanol–water partition coefficient (Wildman–Crippen LogP) is 2.96. The summed E-state index contributed by atoms with van der Waals surface area (Å²) < 4.78 is 5.16. The molecule has 0 bridgehead atoms. The van der Waals surface area contributed by atoms with Crippen LogP contribution in [0.2, 0.25) is 0 Å². The van der Waals surface area contributed by atoms with Crippen molar-refractivity contribution in [3.05, 3.63) is 76.2 Å². The van der Waals surface area contributed by atoms with Crippen molar-refractivity contribution in [3.8, 4) is 0 Å². The van der Waals surface area contributed by atoms with Gasteiger partial charge in [0.05, 0.1) is 11.9 Å². The summed E-state index contributed by atoms with van der Waals surface area (Å²) in [7, 11) is 0. The molecule has 2 aromatic carbocycles. The van der Waals surface area contributed by atoms with Crippen LogP contribution in [0.3, 0.4) is 0 Å². The van der Waals surface area contributed by atoms with Crippen LogP contribution in [0.1, 0.15) is 37.0 Å². The molecule has 9 nitrogen and oxygen atoms in total. The predicted molar refractivity (Wildman–Crippen MR) is 124 cm³/mol.